The Morgan fingerprint density at radius 3 is 1.20 bits per heavy atom. The molecule has 0 rings (SSSR count). The van der Waals surface area contributed by atoms with Gasteiger partial charge in [-0.1, -0.05) is 0 Å². The molecule has 0 bridgehead atoms. The summed E-state index contributed by atoms with van der Waals surface area (Å²) in [5.74, 6) is 0. The first-order chi connectivity index (χ1) is 1.91. The van der Waals surface area contributed by atoms with E-state index in [9.17, 15) is 0 Å². The molecule has 0 N–H and O–H groups in total. The Labute approximate surface area is 54.5 Å². The molecule has 0 aliphatic rings. The fourth-order valence-corrected chi connectivity index (χ4v) is 0. The van der Waals surface area contributed by atoms with Gasteiger partial charge in [0.1, 0.15) is 23.7 Å². The van der Waals surface area contributed by atoms with Crippen LogP contribution in [0.5, 0.6) is 0 Å². The van der Waals surface area contributed by atoms with Crippen molar-refractivity contribution in [2.45, 2.75) is 0 Å². The minimum atomic E-state index is 0. The Bertz CT molecular complexity index is 9.61. The van der Waals surface area contributed by atoms with Gasteiger partial charge in [0.25, 0.3) is 0 Å². The second-order valence-corrected chi connectivity index (χ2v) is 0.378. The molecule has 0 saturated heterocycles. The van der Waals surface area contributed by atoms with E-state index in [1.54, 1.807) is 0 Å². The van der Waals surface area contributed by atoms with Crippen molar-refractivity contribution in [2.75, 3.05) is 0 Å². The molecule has 0 aromatic carbocycles. The van der Waals surface area contributed by atoms with Gasteiger partial charge in [-0.3, -0.25) is 0 Å². The number of rotatable bonds is 1. The third-order valence-electron chi connectivity index (χ3n) is 0.0238. The summed E-state index contributed by atoms with van der Waals surface area (Å²) >= 11 is 8.66. The van der Waals surface area contributed by atoms with Crippen molar-refractivity contribution >= 4 is 23.7 Å². The van der Waals surface area contributed by atoms with E-state index in [1.807, 2.05) is 0 Å². The summed E-state index contributed by atoms with van der Waals surface area (Å²) in [7, 11) is 0. The molecule has 30 valence electrons. The SMILES string of the molecule is ClOOCl.[Ti]. The largest absolute Gasteiger partial charge is 0.102 e. The maximum Gasteiger partial charge on any atom is 0.102 e. The summed E-state index contributed by atoms with van der Waals surface area (Å²) in [4.78, 5) is 0. The third kappa shape index (κ3) is 11.0. The van der Waals surface area contributed by atoms with Crippen molar-refractivity contribution < 1.29 is 30.6 Å². The first-order valence-corrected chi connectivity index (χ1v) is 1.09. The molecule has 5 heavy (non-hydrogen) atoms. The van der Waals surface area contributed by atoms with Crippen molar-refractivity contribution in [1.82, 2.24) is 0 Å². The van der Waals surface area contributed by atoms with E-state index in [4.69, 9.17) is 0 Å². The summed E-state index contributed by atoms with van der Waals surface area (Å²) in [5.41, 5.74) is 0. The van der Waals surface area contributed by atoms with Gasteiger partial charge < -0.3 is 0 Å². The van der Waals surface area contributed by atoms with Crippen LogP contribution in [0.3, 0.4) is 0 Å². The van der Waals surface area contributed by atoms with Gasteiger partial charge in [-0.05, 0) is 0 Å². The van der Waals surface area contributed by atoms with E-state index in [1.165, 1.54) is 0 Å². The van der Waals surface area contributed by atoms with Crippen LogP contribution >= 0.6 is 23.7 Å². The summed E-state index contributed by atoms with van der Waals surface area (Å²) in [6.07, 6.45) is 0. The molecular formula is Cl2O2Ti. The molecule has 2 nitrogen and oxygen atoms in total. The summed E-state index contributed by atoms with van der Waals surface area (Å²) in [5, 5.41) is 0. The minimum Gasteiger partial charge on any atom is -0.102 e. The zero-order valence-corrected chi connectivity index (χ0v) is 5.15. The molecule has 5 heteroatoms. The van der Waals surface area contributed by atoms with E-state index < -0.39 is 0 Å². The van der Waals surface area contributed by atoms with Crippen molar-refractivity contribution in [2.24, 2.45) is 0 Å². The number of hydrogen-bond acceptors (Lipinski definition) is 2. The van der Waals surface area contributed by atoms with E-state index in [0.717, 1.165) is 0 Å². The quantitative estimate of drug-likeness (QED) is 0.318. The molecule has 0 saturated carbocycles. The van der Waals surface area contributed by atoms with Gasteiger partial charge in [-0.25, -0.2) is 0 Å². The predicted molar refractivity (Wildman–Crippen MR) is 13.9 cm³/mol. The van der Waals surface area contributed by atoms with E-state index in [2.05, 4.69) is 32.6 Å². The van der Waals surface area contributed by atoms with Crippen molar-refractivity contribution in [1.29, 1.82) is 0 Å². The number of hydrogen-bond donors (Lipinski definition) is 0. The Balaban J connectivity index is 0. The molecule has 0 amide bonds. The van der Waals surface area contributed by atoms with Crippen molar-refractivity contribution in [3.8, 4) is 0 Å². The Kier molecular flexibility index (Phi) is 17.1. The monoisotopic (exact) mass is 150 g/mol. The van der Waals surface area contributed by atoms with Gasteiger partial charge >= 0.3 is 0 Å². The molecule has 0 fully saturated rings. The Morgan fingerprint density at radius 2 is 1.20 bits per heavy atom. The molecule has 0 unspecified atom stereocenters. The number of halogens is 2. The standard InChI is InChI=1S/Cl2O2.Ti/c1-3-4-2;. The zero-order chi connectivity index (χ0) is 3.41. The molecule has 0 aliphatic carbocycles. The maximum absolute atomic E-state index is 4.33. The van der Waals surface area contributed by atoms with Crippen LogP contribution < -0.4 is 0 Å². The van der Waals surface area contributed by atoms with Crippen LogP contribution in [0.2, 0.25) is 0 Å². The molecule has 0 aliphatic heterocycles. The summed E-state index contributed by atoms with van der Waals surface area (Å²) in [6.45, 7) is 0. The third-order valence-corrected chi connectivity index (χ3v) is 0.214. The Hall–Kier alpha value is 1.21. The molecule has 0 aromatic heterocycles. The van der Waals surface area contributed by atoms with Crippen LogP contribution in [-0.4, -0.2) is 0 Å². The summed E-state index contributed by atoms with van der Waals surface area (Å²) in [6, 6.07) is 0. The van der Waals surface area contributed by atoms with Gasteiger partial charge in [0.2, 0.25) is 0 Å². The fourth-order valence-electron chi connectivity index (χ4n) is 0. The van der Waals surface area contributed by atoms with Crippen LogP contribution in [0, 0.1) is 0 Å². The molecule has 0 spiro atoms. The molecular weight excluding hydrogens is 151 g/mol. The second kappa shape index (κ2) is 8.96. The molecule has 0 aromatic rings. The van der Waals surface area contributed by atoms with Gasteiger partial charge in [-0.2, -0.15) is 0 Å². The summed E-state index contributed by atoms with van der Waals surface area (Å²) < 4.78 is 6.56. The van der Waals surface area contributed by atoms with Gasteiger partial charge in [0, 0.05) is 21.7 Å². The van der Waals surface area contributed by atoms with Gasteiger partial charge in [-0.15, -0.1) is 8.88 Å². The minimum absolute atomic E-state index is 0. The van der Waals surface area contributed by atoms with Crippen LogP contribution in [0.25, 0.3) is 0 Å². The smallest absolute Gasteiger partial charge is 0.102 e. The van der Waals surface area contributed by atoms with Crippen LogP contribution in [0.4, 0.5) is 0 Å². The van der Waals surface area contributed by atoms with Gasteiger partial charge in [0.15, 0.2) is 0 Å². The topological polar surface area (TPSA) is 18.5 Å². The molecule has 0 heterocycles. The van der Waals surface area contributed by atoms with Crippen LogP contribution in [0.1, 0.15) is 0 Å². The van der Waals surface area contributed by atoms with E-state index >= 15 is 0 Å². The molecule has 0 atom stereocenters. The molecule has 0 radical (unpaired) electrons. The zero-order valence-electron chi connectivity index (χ0n) is 2.07. The normalized spacial score (nSPS) is 6.00. The second-order valence-electron chi connectivity index (χ2n) is 0.126. The van der Waals surface area contributed by atoms with E-state index in [0.29, 0.717) is 0 Å². The van der Waals surface area contributed by atoms with E-state index in [-0.39, 0.29) is 21.7 Å². The van der Waals surface area contributed by atoms with Crippen molar-refractivity contribution in [3.05, 3.63) is 0 Å². The Morgan fingerprint density at radius 1 is 1.00 bits per heavy atom. The predicted octanol–water partition coefficient (Wildman–Crippen LogP) is 1.24. The first kappa shape index (κ1) is 9.51. The average molecular weight is 151 g/mol. The fraction of sp³-hybridized carbons (Fsp3) is 0. The van der Waals surface area contributed by atoms with Gasteiger partial charge in [0.05, 0.1) is 0 Å². The first-order valence-electron chi connectivity index (χ1n) is 0.475. The van der Waals surface area contributed by atoms with Crippen molar-refractivity contribution in [3.63, 3.8) is 0 Å². The van der Waals surface area contributed by atoms with Crippen LogP contribution in [-0.2, 0) is 30.6 Å². The maximum atomic E-state index is 4.33. The average Bonchev–Trinajstić information content (AvgIpc) is 1.37. The van der Waals surface area contributed by atoms with Crippen LogP contribution in [0.15, 0.2) is 0 Å².